The summed E-state index contributed by atoms with van der Waals surface area (Å²) in [5, 5.41) is 35.6. The van der Waals surface area contributed by atoms with E-state index in [1.807, 2.05) is 24.3 Å². The van der Waals surface area contributed by atoms with Crippen molar-refractivity contribution >= 4 is 23.2 Å². The minimum atomic E-state index is -1.14. The molecule has 3 atom stereocenters. The summed E-state index contributed by atoms with van der Waals surface area (Å²) < 4.78 is 12.3. The van der Waals surface area contributed by atoms with Crippen LogP contribution < -0.4 is 11.1 Å². The van der Waals surface area contributed by atoms with E-state index in [9.17, 15) is 34.1 Å². The lowest BCUT2D eigenvalue weighted by Crippen LogP contribution is -2.44. The van der Waals surface area contributed by atoms with E-state index in [2.05, 4.69) is 5.32 Å². The molecule has 192 valence electrons. The Kier molecular flexibility index (Phi) is 6.33. The van der Waals surface area contributed by atoms with Gasteiger partial charge in [-0.25, -0.2) is 4.39 Å². The Labute approximate surface area is 212 Å². The third-order valence-corrected chi connectivity index (χ3v) is 7.64. The van der Waals surface area contributed by atoms with Crippen LogP contribution in [0.3, 0.4) is 0 Å². The van der Waals surface area contributed by atoms with Crippen molar-refractivity contribution < 1.29 is 34.1 Å². The number of phenols is 1. The minimum absolute atomic E-state index is 0.0835. The molecule has 6 N–H and O–H groups in total. The van der Waals surface area contributed by atoms with Crippen LogP contribution in [0.5, 0.6) is 5.75 Å². The number of nitrogens with two attached hydrogens (primary N) is 1. The van der Waals surface area contributed by atoms with Gasteiger partial charge >= 0.3 is 0 Å². The number of hydrogen-bond donors (Lipinski definition) is 5. The zero-order chi connectivity index (χ0) is 26.4. The van der Waals surface area contributed by atoms with Gasteiger partial charge in [0.2, 0.25) is 0 Å². The topological polar surface area (TPSA) is 150 Å². The van der Waals surface area contributed by atoms with Crippen LogP contribution in [0.2, 0.25) is 0 Å². The highest BCUT2D eigenvalue weighted by atomic mass is 19.1. The fraction of sp³-hybridized carbons (Fsp3) is 0.321. The summed E-state index contributed by atoms with van der Waals surface area (Å²) in [5.41, 5.74) is 8.25. The second-order valence-electron chi connectivity index (χ2n) is 9.80. The van der Waals surface area contributed by atoms with Crippen molar-refractivity contribution in [1.82, 2.24) is 5.32 Å². The quantitative estimate of drug-likeness (QED) is 0.299. The number of primary amides is 1. The maximum atomic E-state index is 13.5. The molecule has 0 aliphatic heterocycles. The van der Waals surface area contributed by atoms with Gasteiger partial charge in [-0.1, -0.05) is 30.3 Å². The molecule has 9 heteroatoms. The first-order valence-corrected chi connectivity index (χ1v) is 12.2. The van der Waals surface area contributed by atoms with Crippen molar-refractivity contribution in [1.29, 1.82) is 0 Å². The average molecular weight is 507 g/mol. The van der Waals surface area contributed by atoms with E-state index >= 15 is 0 Å². The molecule has 8 nitrogen and oxygen atoms in total. The number of nitrogens with one attached hydrogen (secondary N) is 1. The highest BCUT2D eigenvalue weighted by molar-refractivity contribution is 6.21. The highest BCUT2D eigenvalue weighted by Gasteiger charge is 2.50. The van der Waals surface area contributed by atoms with Crippen LogP contribution >= 0.6 is 0 Å². The van der Waals surface area contributed by atoms with Crippen LogP contribution in [-0.2, 0) is 27.3 Å². The summed E-state index contributed by atoms with van der Waals surface area (Å²) in [5.74, 6) is -5.51. The van der Waals surface area contributed by atoms with Crippen LogP contribution in [0.25, 0.3) is 16.9 Å². The predicted octanol–water partition coefficient (Wildman–Crippen LogP) is 3.04. The highest BCUT2D eigenvalue weighted by Crippen LogP contribution is 2.51. The lowest BCUT2D eigenvalue weighted by Gasteiger charge is -2.41. The molecule has 0 bridgehead atoms. The van der Waals surface area contributed by atoms with Gasteiger partial charge in [-0.15, -0.1) is 0 Å². The molecule has 2 aromatic carbocycles. The van der Waals surface area contributed by atoms with Crippen LogP contribution in [0, 0.1) is 17.8 Å². The SMILES string of the molecule is NC(=O)C1=C(O)C2C(=O)C3=C(O)c4c(O)ccc(-c5ccc(CNCCF)cc5)c4C[C@H]3C[C@H]2CC1=O. The summed E-state index contributed by atoms with van der Waals surface area (Å²) in [6, 6.07) is 10.9. The number of carbonyl (C=O) groups excluding carboxylic acids is 3. The maximum Gasteiger partial charge on any atom is 0.255 e. The fourth-order valence-corrected chi connectivity index (χ4v) is 6.01. The second kappa shape index (κ2) is 9.48. The van der Waals surface area contributed by atoms with Crippen LogP contribution in [-0.4, -0.2) is 46.0 Å². The summed E-state index contributed by atoms with van der Waals surface area (Å²) in [7, 11) is 0. The average Bonchev–Trinajstić information content (AvgIpc) is 2.84. The number of fused-ring (bicyclic) bond motifs is 3. The van der Waals surface area contributed by atoms with Gasteiger partial charge in [-0.3, -0.25) is 14.4 Å². The number of ketones is 2. The Morgan fingerprint density at radius 3 is 2.46 bits per heavy atom. The number of aromatic hydroxyl groups is 1. The van der Waals surface area contributed by atoms with Crippen molar-refractivity contribution in [3.8, 4) is 16.9 Å². The molecule has 0 aromatic heterocycles. The van der Waals surface area contributed by atoms with Gasteiger partial charge in [0, 0.05) is 25.1 Å². The number of alkyl halides is 1. The first-order chi connectivity index (χ1) is 17.7. The zero-order valence-electron chi connectivity index (χ0n) is 20.0. The number of benzene rings is 2. The number of aliphatic hydroxyl groups excluding tert-OH is 2. The van der Waals surface area contributed by atoms with Crippen molar-refractivity contribution in [3.05, 3.63) is 70.0 Å². The van der Waals surface area contributed by atoms with E-state index in [-0.39, 0.29) is 35.6 Å². The Hall–Kier alpha value is -3.98. The number of phenolic OH excluding ortho intramolecular Hbond substituents is 1. The van der Waals surface area contributed by atoms with Crippen LogP contribution in [0.15, 0.2) is 53.3 Å². The third-order valence-electron chi connectivity index (χ3n) is 7.64. The number of halogens is 1. The third kappa shape index (κ3) is 4.09. The van der Waals surface area contributed by atoms with Gasteiger partial charge in [-0.05, 0) is 53.0 Å². The number of amides is 1. The lowest BCUT2D eigenvalue weighted by molar-refractivity contribution is -0.127. The van der Waals surface area contributed by atoms with E-state index in [0.717, 1.165) is 16.7 Å². The summed E-state index contributed by atoms with van der Waals surface area (Å²) >= 11 is 0. The molecule has 0 spiro atoms. The molecule has 1 unspecified atom stereocenters. The first kappa shape index (κ1) is 24.7. The molecule has 3 aliphatic carbocycles. The number of rotatable bonds is 6. The Morgan fingerprint density at radius 1 is 1.05 bits per heavy atom. The van der Waals surface area contributed by atoms with Gasteiger partial charge in [0.05, 0.1) is 11.5 Å². The van der Waals surface area contributed by atoms with E-state index in [0.29, 0.717) is 24.9 Å². The van der Waals surface area contributed by atoms with E-state index in [1.54, 1.807) is 6.07 Å². The Bertz CT molecular complexity index is 1380. The molecule has 1 fully saturated rings. The molecular weight excluding hydrogens is 479 g/mol. The van der Waals surface area contributed by atoms with E-state index in [4.69, 9.17) is 5.73 Å². The van der Waals surface area contributed by atoms with Crippen LogP contribution in [0.1, 0.15) is 29.5 Å². The first-order valence-electron chi connectivity index (χ1n) is 12.2. The van der Waals surface area contributed by atoms with Gasteiger partial charge in [0.1, 0.15) is 29.5 Å². The normalized spacial score (nSPS) is 23.0. The maximum absolute atomic E-state index is 13.5. The molecular formula is C28H27FN2O6. The largest absolute Gasteiger partial charge is 0.511 e. The van der Waals surface area contributed by atoms with Gasteiger partial charge in [0.15, 0.2) is 11.6 Å². The number of allylic oxidation sites excluding steroid dienone is 2. The van der Waals surface area contributed by atoms with Gasteiger partial charge in [0.25, 0.3) is 5.91 Å². The van der Waals surface area contributed by atoms with E-state index < -0.39 is 53.2 Å². The summed E-state index contributed by atoms with van der Waals surface area (Å²) in [6.07, 6.45) is 0.584. The Morgan fingerprint density at radius 2 is 1.78 bits per heavy atom. The van der Waals surface area contributed by atoms with Crippen LogP contribution in [0.4, 0.5) is 4.39 Å². The lowest BCUT2D eigenvalue weighted by atomic mass is 9.61. The van der Waals surface area contributed by atoms with Crippen molar-refractivity contribution in [2.75, 3.05) is 13.2 Å². The number of aliphatic hydroxyl groups is 2. The molecule has 2 aromatic rings. The minimum Gasteiger partial charge on any atom is -0.511 e. The molecule has 1 amide bonds. The predicted molar refractivity (Wildman–Crippen MR) is 133 cm³/mol. The smallest absolute Gasteiger partial charge is 0.255 e. The summed E-state index contributed by atoms with van der Waals surface area (Å²) in [4.78, 5) is 37.7. The van der Waals surface area contributed by atoms with Crippen molar-refractivity contribution in [2.24, 2.45) is 23.5 Å². The fourth-order valence-electron chi connectivity index (χ4n) is 6.01. The summed E-state index contributed by atoms with van der Waals surface area (Å²) in [6.45, 7) is 0.347. The van der Waals surface area contributed by atoms with E-state index in [1.165, 1.54) is 6.07 Å². The molecule has 0 heterocycles. The molecule has 37 heavy (non-hydrogen) atoms. The standard InChI is InChI=1S/C28H27FN2O6/c29-7-8-31-12-13-1-3-14(4-2-13)17-5-6-19(32)23-18(17)10-15-9-16-11-20(33)24(28(30)37)27(36)22(16)25(34)21(15)26(23)35/h1-6,15-16,22,31-32,35-36H,7-12H2,(H2,30,37)/t15-,16+,22?/m1/s1. The van der Waals surface area contributed by atoms with Gasteiger partial charge < -0.3 is 26.4 Å². The van der Waals surface area contributed by atoms with Crippen molar-refractivity contribution in [2.45, 2.75) is 25.8 Å². The molecule has 1 saturated carbocycles. The molecule has 0 radical (unpaired) electrons. The molecule has 3 aliphatic rings. The number of carbonyl (C=O) groups is 3. The van der Waals surface area contributed by atoms with Crippen molar-refractivity contribution in [3.63, 3.8) is 0 Å². The second-order valence-corrected chi connectivity index (χ2v) is 9.80. The zero-order valence-corrected chi connectivity index (χ0v) is 20.0. The monoisotopic (exact) mass is 506 g/mol. The molecule has 5 rings (SSSR count). The molecule has 0 saturated heterocycles. The Balaban J connectivity index is 1.55. The van der Waals surface area contributed by atoms with Gasteiger partial charge in [-0.2, -0.15) is 0 Å². The number of hydrogen-bond acceptors (Lipinski definition) is 7. The number of Topliss-reactive ketones (excluding diaryl/α,β-unsaturated/α-hetero) is 2.